The minimum absolute atomic E-state index is 0.0911. The van der Waals surface area contributed by atoms with Gasteiger partial charge in [-0.25, -0.2) is 9.18 Å². The molecular formula is C14H18ClFN2O2. The minimum Gasteiger partial charge on any atom is -0.492 e. The number of ether oxygens (including phenoxy) is 1. The molecule has 0 radical (unpaired) electrons. The molecule has 0 atom stereocenters. The minimum atomic E-state index is -0.566. The maximum atomic E-state index is 13.8. The molecule has 2 amide bonds. The van der Waals surface area contributed by atoms with Crippen LogP contribution >= 0.6 is 11.6 Å². The molecule has 6 heteroatoms. The van der Waals surface area contributed by atoms with Crippen molar-refractivity contribution in [1.29, 1.82) is 0 Å². The largest absolute Gasteiger partial charge is 0.492 e. The highest BCUT2D eigenvalue weighted by Crippen LogP contribution is 2.30. The van der Waals surface area contributed by atoms with E-state index in [-0.39, 0.29) is 16.7 Å². The van der Waals surface area contributed by atoms with Crippen molar-refractivity contribution in [3.8, 4) is 5.75 Å². The summed E-state index contributed by atoms with van der Waals surface area (Å²) in [5.74, 6) is -0.201. The van der Waals surface area contributed by atoms with Gasteiger partial charge in [0.05, 0.1) is 17.3 Å². The molecule has 0 saturated carbocycles. The van der Waals surface area contributed by atoms with Crippen molar-refractivity contribution < 1.29 is 13.9 Å². The van der Waals surface area contributed by atoms with Crippen LogP contribution < -0.4 is 10.1 Å². The van der Waals surface area contributed by atoms with Gasteiger partial charge in [0.25, 0.3) is 0 Å². The number of amides is 2. The summed E-state index contributed by atoms with van der Waals surface area (Å²) >= 11 is 5.88. The molecule has 2 rings (SSSR count). The van der Waals surface area contributed by atoms with Crippen LogP contribution in [-0.2, 0) is 0 Å². The normalized spacial score (nSPS) is 15.1. The van der Waals surface area contributed by atoms with Crippen LogP contribution in [0.5, 0.6) is 5.75 Å². The lowest BCUT2D eigenvalue weighted by molar-refractivity contribution is 0.200. The van der Waals surface area contributed by atoms with E-state index in [1.54, 1.807) is 4.90 Å². The summed E-state index contributed by atoms with van der Waals surface area (Å²) in [4.78, 5) is 13.7. The van der Waals surface area contributed by atoms with E-state index in [4.69, 9.17) is 16.3 Å². The monoisotopic (exact) mass is 300 g/mol. The highest BCUT2D eigenvalue weighted by molar-refractivity contribution is 6.32. The number of urea groups is 1. The number of hydrogen-bond acceptors (Lipinski definition) is 2. The Hall–Kier alpha value is -1.49. The average molecular weight is 301 g/mol. The summed E-state index contributed by atoms with van der Waals surface area (Å²) in [6.45, 7) is 3.65. The van der Waals surface area contributed by atoms with Crippen LogP contribution in [0.2, 0.25) is 5.02 Å². The highest BCUT2D eigenvalue weighted by Gasteiger charge is 2.18. The SMILES string of the molecule is CCOc1cc(NC(=O)N2CCCCC2)c(F)cc1Cl. The number of hydrogen-bond donors (Lipinski definition) is 1. The van der Waals surface area contributed by atoms with E-state index >= 15 is 0 Å². The predicted molar refractivity (Wildman–Crippen MR) is 77.0 cm³/mol. The summed E-state index contributed by atoms with van der Waals surface area (Å²) in [7, 11) is 0. The Balaban J connectivity index is 2.11. The first-order valence-electron chi connectivity index (χ1n) is 6.79. The second-order valence-corrected chi connectivity index (χ2v) is 5.08. The molecule has 20 heavy (non-hydrogen) atoms. The first-order valence-corrected chi connectivity index (χ1v) is 7.17. The number of anilines is 1. The van der Waals surface area contributed by atoms with Gasteiger partial charge in [0.1, 0.15) is 11.6 Å². The Bertz CT molecular complexity index is 490. The molecule has 1 saturated heterocycles. The number of carbonyl (C=O) groups is 1. The lowest BCUT2D eigenvalue weighted by atomic mass is 10.1. The molecule has 1 N–H and O–H groups in total. The molecule has 0 aliphatic carbocycles. The van der Waals surface area contributed by atoms with Crippen molar-refractivity contribution in [2.45, 2.75) is 26.2 Å². The van der Waals surface area contributed by atoms with Gasteiger partial charge in [-0.05, 0) is 32.3 Å². The van der Waals surface area contributed by atoms with Crippen molar-refractivity contribution in [1.82, 2.24) is 4.90 Å². The van der Waals surface area contributed by atoms with E-state index in [0.29, 0.717) is 25.4 Å². The predicted octanol–water partition coefficient (Wildman–Crippen LogP) is 3.90. The zero-order chi connectivity index (χ0) is 14.5. The fourth-order valence-corrected chi connectivity index (χ4v) is 2.39. The van der Waals surface area contributed by atoms with E-state index in [0.717, 1.165) is 25.3 Å². The van der Waals surface area contributed by atoms with Gasteiger partial charge < -0.3 is 15.0 Å². The lowest BCUT2D eigenvalue weighted by Gasteiger charge is -2.27. The molecule has 1 heterocycles. The Morgan fingerprint density at radius 3 is 2.75 bits per heavy atom. The van der Waals surface area contributed by atoms with Crippen LogP contribution in [0.25, 0.3) is 0 Å². The molecule has 110 valence electrons. The van der Waals surface area contributed by atoms with Crippen molar-refractivity contribution >= 4 is 23.3 Å². The van der Waals surface area contributed by atoms with Gasteiger partial charge in [-0.15, -0.1) is 0 Å². The Morgan fingerprint density at radius 2 is 2.10 bits per heavy atom. The third-order valence-electron chi connectivity index (χ3n) is 3.21. The number of nitrogens with zero attached hydrogens (tertiary/aromatic N) is 1. The molecule has 0 bridgehead atoms. The maximum absolute atomic E-state index is 13.8. The third kappa shape index (κ3) is 3.54. The number of likely N-dealkylation sites (tertiary alicyclic amines) is 1. The molecule has 1 aromatic rings. The summed E-state index contributed by atoms with van der Waals surface area (Å²) < 4.78 is 19.1. The first-order chi connectivity index (χ1) is 9.61. The van der Waals surface area contributed by atoms with E-state index in [1.165, 1.54) is 6.07 Å². The van der Waals surface area contributed by atoms with Crippen molar-refractivity contribution in [2.75, 3.05) is 25.0 Å². The number of carbonyl (C=O) groups excluding carboxylic acids is 1. The number of piperidine rings is 1. The third-order valence-corrected chi connectivity index (χ3v) is 3.50. The topological polar surface area (TPSA) is 41.6 Å². The smallest absolute Gasteiger partial charge is 0.321 e. The second kappa shape index (κ2) is 6.79. The van der Waals surface area contributed by atoms with E-state index in [2.05, 4.69) is 5.32 Å². The zero-order valence-corrected chi connectivity index (χ0v) is 12.2. The summed E-state index contributed by atoms with van der Waals surface area (Å²) in [5, 5.41) is 2.77. The highest BCUT2D eigenvalue weighted by atomic mass is 35.5. The Kier molecular flexibility index (Phi) is 5.06. The Morgan fingerprint density at radius 1 is 1.40 bits per heavy atom. The van der Waals surface area contributed by atoms with Gasteiger partial charge in [0.2, 0.25) is 0 Å². The van der Waals surface area contributed by atoms with E-state index in [1.807, 2.05) is 6.92 Å². The first kappa shape index (κ1) is 14.9. The Labute approximate surface area is 122 Å². The summed E-state index contributed by atoms with van der Waals surface area (Å²) in [6.07, 6.45) is 3.11. The maximum Gasteiger partial charge on any atom is 0.321 e. The zero-order valence-electron chi connectivity index (χ0n) is 11.4. The molecule has 1 aliphatic rings. The van der Waals surface area contributed by atoms with Crippen LogP contribution in [0, 0.1) is 5.82 Å². The molecular weight excluding hydrogens is 283 g/mol. The second-order valence-electron chi connectivity index (χ2n) is 4.67. The fourth-order valence-electron chi connectivity index (χ4n) is 2.18. The molecule has 0 spiro atoms. The average Bonchev–Trinajstić information content (AvgIpc) is 2.45. The number of benzene rings is 1. The van der Waals surface area contributed by atoms with Gasteiger partial charge in [0, 0.05) is 19.2 Å². The van der Waals surface area contributed by atoms with Crippen LogP contribution in [0.4, 0.5) is 14.9 Å². The van der Waals surface area contributed by atoms with Gasteiger partial charge in [0.15, 0.2) is 0 Å². The van der Waals surface area contributed by atoms with Gasteiger partial charge in [-0.2, -0.15) is 0 Å². The molecule has 0 aromatic heterocycles. The number of rotatable bonds is 3. The van der Waals surface area contributed by atoms with Crippen LogP contribution in [0.3, 0.4) is 0 Å². The molecule has 1 aromatic carbocycles. The van der Waals surface area contributed by atoms with Crippen LogP contribution in [0.15, 0.2) is 12.1 Å². The molecule has 4 nitrogen and oxygen atoms in total. The summed E-state index contributed by atoms with van der Waals surface area (Å²) in [6, 6.07) is 2.29. The number of halogens is 2. The van der Waals surface area contributed by atoms with Crippen molar-refractivity contribution in [3.63, 3.8) is 0 Å². The van der Waals surface area contributed by atoms with Crippen molar-refractivity contribution in [2.24, 2.45) is 0 Å². The van der Waals surface area contributed by atoms with Crippen LogP contribution in [-0.4, -0.2) is 30.6 Å². The standard InChI is InChI=1S/C14H18ClFN2O2/c1-2-20-13-9-12(11(16)8-10(13)15)17-14(19)18-6-4-3-5-7-18/h8-9H,2-7H2,1H3,(H,17,19). The lowest BCUT2D eigenvalue weighted by Crippen LogP contribution is -2.38. The van der Waals surface area contributed by atoms with Gasteiger partial charge in [-0.1, -0.05) is 11.6 Å². The van der Waals surface area contributed by atoms with Crippen LogP contribution in [0.1, 0.15) is 26.2 Å². The van der Waals surface area contributed by atoms with Gasteiger partial charge >= 0.3 is 6.03 Å². The quantitative estimate of drug-likeness (QED) is 0.920. The molecule has 1 aliphatic heterocycles. The molecule has 0 unspecified atom stereocenters. The molecule has 1 fully saturated rings. The van der Waals surface area contributed by atoms with Crippen molar-refractivity contribution in [3.05, 3.63) is 23.0 Å². The van der Waals surface area contributed by atoms with E-state index < -0.39 is 5.82 Å². The van der Waals surface area contributed by atoms with Gasteiger partial charge in [-0.3, -0.25) is 0 Å². The van der Waals surface area contributed by atoms with E-state index in [9.17, 15) is 9.18 Å². The summed E-state index contributed by atoms with van der Waals surface area (Å²) in [5.41, 5.74) is 0.0911. The fraction of sp³-hybridized carbons (Fsp3) is 0.500. The number of nitrogens with one attached hydrogen (secondary N) is 1.